The largest absolute Gasteiger partial charge is 0.375 e. The third-order valence-corrected chi connectivity index (χ3v) is 11.1. The number of rotatable bonds is 9. The van der Waals surface area contributed by atoms with Crippen LogP contribution in [0.4, 0.5) is 11.6 Å². The van der Waals surface area contributed by atoms with Crippen LogP contribution in [0, 0.1) is 0 Å². The van der Waals surface area contributed by atoms with Gasteiger partial charge in [-0.25, -0.2) is 19.9 Å². The fourth-order valence-corrected chi connectivity index (χ4v) is 7.28. The first-order chi connectivity index (χ1) is 26.1. The molecular weight excluding hydrogens is 749 g/mol. The molecule has 8 rings (SSSR count). The van der Waals surface area contributed by atoms with Crippen LogP contribution in [0.15, 0.2) is 79.6 Å². The van der Waals surface area contributed by atoms with Crippen molar-refractivity contribution in [3.8, 4) is 0 Å². The Morgan fingerprint density at radius 1 is 0.741 bits per heavy atom. The van der Waals surface area contributed by atoms with Gasteiger partial charge in [-0.1, -0.05) is 53.0 Å². The molecule has 0 saturated carbocycles. The molecule has 54 heavy (non-hydrogen) atoms. The molecule has 2 aliphatic heterocycles. The maximum atomic E-state index is 12.7. The predicted molar refractivity (Wildman–Crippen MR) is 214 cm³/mol. The van der Waals surface area contributed by atoms with Gasteiger partial charge in [0.25, 0.3) is 0 Å². The number of nitrogens with two attached hydrogens (primary N) is 2. The Labute approximate surface area is 327 Å². The number of hydrogen-bond donors (Lipinski definition) is 5. The minimum absolute atomic E-state index is 0.160. The van der Waals surface area contributed by atoms with Crippen molar-refractivity contribution in [3.05, 3.63) is 106 Å². The molecule has 0 atom stereocenters. The summed E-state index contributed by atoms with van der Waals surface area (Å²) in [5.74, 6) is 1.68. The number of halogens is 3. The summed E-state index contributed by atoms with van der Waals surface area (Å²) >= 11 is 17.9. The summed E-state index contributed by atoms with van der Waals surface area (Å²) in [6.07, 6.45) is 9.69. The van der Waals surface area contributed by atoms with E-state index < -0.39 is 5.54 Å². The minimum Gasteiger partial charge on any atom is -0.375 e. The SMILES string of the molecule is NC1(C(=O)NCc2ccc(Cl)c(Cl)c2)CCN(c2ncnc3[nH]ccc23)CC1.NC1(COCc2ccc(Cl)cc2)CCN(c2ncnc3[nH]ccc23)CC1. The van der Waals surface area contributed by atoms with E-state index >= 15 is 0 Å². The first-order valence-corrected chi connectivity index (χ1v) is 18.9. The van der Waals surface area contributed by atoms with Crippen molar-refractivity contribution >= 4 is 74.4 Å². The molecule has 0 unspecified atom stereocenters. The van der Waals surface area contributed by atoms with E-state index in [4.69, 9.17) is 51.0 Å². The Morgan fingerprint density at radius 3 is 1.87 bits per heavy atom. The van der Waals surface area contributed by atoms with Crippen LogP contribution in [0.5, 0.6) is 0 Å². The second kappa shape index (κ2) is 16.5. The molecule has 13 nitrogen and oxygen atoms in total. The van der Waals surface area contributed by atoms with Gasteiger partial charge in [0.1, 0.15) is 35.6 Å². The second-order valence-electron chi connectivity index (χ2n) is 13.9. The van der Waals surface area contributed by atoms with E-state index in [1.54, 1.807) is 24.8 Å². The lowest BCUT2D eigenvalue weighted by Crippen LogP contribution is -2.59. The number of nitrogens with zero attached hydrogens (tertiary/aromatic N) is 6. The lowest BCUT2D eigenvalue weighted by Gasteiger charge is -2.39. The number of benzene rings is 2. The van der Waals surface area contributed by atoms with Crippen molar-refractivity contribution < 1.29 is 9.53 Å². The summed E-state index contributed by atoms with van der Waals surface area (Å²) in [6.45, 7) is 4.47. The lowest BCUT2D eigenvalue weighted by atomic mass is 9.87. The summed E-state index contributed by atoms with van der Waals surface area (Å²) in [5.41, 5.74) is 15.4. The highest BCUT2D eigenvalue weighted by Gasteiger charge is 2.38. The van der Waals surface area contributed by atoms with Crippen molar-refractivity contribution in [1.29, 1.82) is 0 Å². The van der Waals surface area contributed by atoms with Crippen molar-refractivity contribution in [2.75, 3.05) is 42.6 Å². The molecule has 7 N–H and O–H groups in total. The molecule has 4 aromatic heterocycles. The zero-order valence-electron chi connectivity index (χ0n) is 29.6. The molecular formula is C38H42Cl3N11O2. The minimum atomic E-state index is -0.906. The Bertz CT molecular complexity index is 2190. The normalized spacial score (nSPS) is 16.6. The molecule has 0 bridgehead atoms. The Kier molecular flexibility index (Phi) is 11.5. The Balaban J connectivity index is 0.000000167. The van der Waals surface area contributed by atoms with Gasteiger partial charge in [-0.15, -0.1) is 0 Å². The summed E-state index contributed by atoms with van der Waals surface area (Å²) < 4.78 is 5.88. The van der Waals surface area contributed by atoms with E-state index in [0.29, 0.717) is 55.7 Å². The van der Waals surface area contributed by atoms with E-state index in [1.165, 1.54) is 0 Å². The van der Waals surface area contributed by atoms with Crippen LogP contribution in [-0.4, -0.2) is 79.7 Å². The van der Waals surface area contributed by atoms with Gasteiger partial charge in [-0.2, -0.15) is 0 Å². The first kappa shape index (κ1) is 37.8. The summed E-state index contributed by atoms with van der Waals surface area (Å²) in [6, 6.07) is 17.0. The predicted octanol–water partition coefficient (Wildman–Crippen LogP) is 6.00. The highest BCUT2D eigenvalue weighted by atomic mass is 35.5. The fourth-order valence-electron chi connectivity index (χ4n) is 6.83. The standard InChI is InChI=1S/C19H20Cl2N6O.C19H22ClN5O/c20-14-2-1-12(9-15(14)21)10-24-18(28)19(22)4-7-27(8-5-19)17-13-3-6-23-16(13)25-11-26-17;20-15-3-1-14(2-4-15)11-26-12-19(21)6-9-25(10-7-19)18-16-5-8-22-17(16)23-13-24-18/h1-3,6,9,11H,4-5,7-8,10,22H2,(H,24,28)(H,23,25,26);1-5,8,13H,6-7,9-12,21H2,(H,22,23,24). The van der Waals surface area contributed by atoms with Gasteiger partial charge in [-0.05, 0) is 73.2 Å². The molecule has 0 spiro atoms. The van der Waals surface area contributed by atoms with E-state index in [0.717, 1.165) is 75.8 Å². The molecule has 2 saturated heterocycles. The molecule has 16 heteroatoms. The molecule has 282 valence electrons. The number of carbonyl (C=O) groups is 1. The van der Waals surface area contributed by atoms with E-state index in [-0.39, 0.29) is 11.4 Å². The molecule has 2 aromatic carbocycles. The van der Waals surface area contributed by atoms with E-state index in [2.05, 4.69) is 45.0 Å². The average molecular weight is 791 g/mol. The highest BCUT2D eigenvalue weighted by molar-refractivity contribution is 6.42. The highest BCUT2D eigenvalue weighted by Crippen LogP contribution is 2.30. The summed E-state index contributed by atoms with van der Waals surface area (Å²) in [7, 11) is 0. The van der Waals surface area contributed by atoms with Crippen molar-refractivity contribution in [2.45, 2.75) is 49.9 Å². The van der Waals surface area contributed by atoms with Gasteiger partial charge in [-0.3, -0.25) is 4.79 Å². The third kappa shape index (κ3) is 8.72. The molecule has 6 aromatic rings. The number of H-pyrrole nitrogens is 2. The fraction of sp³-hybridized carbons (Fsp3) is 0.342. The second-order valence-corrected chi connectivity index (χ2v) is 15.2. The van der Waals surface area contributed by atoms with Crippen LogP contribution in [0.1, 0.15) is 36.8 Å². The lowest BCUT2D eigenvalue weighted by molar-refractivity contribution is -0.127. The van der Waals surface area contributed by atoms with Crippen molar-refractivity contribution in [1.82, 2.24) is 35.2 Å². The third-order valence-electron chi connectivity index (χ3n) is 10.1. The van der Waals surface area contributed by atoms with Gasteiger partial charge >= 0.3 is 0 Å². The van der Waals surface area contributed by atoms with Crippen molar-refractivity contribution in [3.63, 3.8) is 0 Å². The van der Waals surface area contributed by atoms with Crippen LogP contribution in [-0.2, 0) is 22.7 Å². The van der Waals surface area contributed by atoms with Gasteiger partial charge in [0.05, 0.1) is 39.6 Å². The van der Waals surface area contributed by atoms with Gasteiger partial charge in [0, 0.05) is 55.7 Å². The average Bonchev–Trinajstić information content (AvgIpc) is 3.87. The summed E-state index contributed by atoms with van der Waals surface area (Å²) in [5, 5.41) is 6.63. The number of hydrogen-bond acceptors (Lipinski definition) is 10. The molecule has 0 aliphatic carbocycles. The number of piperidine rings is 2. The van der Waals surface area contributed by atoms with E-state index in [9.17, 15) is 4.79 Å². The number of ether oxygens (including phenoxy) is 1. The maximum absolute atomic E-state index is 12.7. The quantitative estimate of drug-likeness (QED) is 0.117. The number of amides is 1. The van der Waals surface area contributed by atoms with Crippen LogP contribution in [0.2, 0.25) is 15.1 Å². The maximum Gasteiger partial charge on any atom is 0.240 e. The molecule has 2 fully saturated rings. The summed E-state index contributed by atoms with van der Waals surface area (Å²) in [4.78, 5) is 40.7. The zero-order chi connectivity index (χ0) is 37.7. The number of nitrogens with one attached hydrogen (secondary N) is 3. The number of aromatic nitrogens is 6. The Morgan fingerprint density at radius 2 is 1.30 bits per heavy atom. The number of fused-ring (bicyclic) bond motifs is 2. The molecule has 1 amide bonds. The van der Waals surface area contributed by atoms with E-state index in [1.807, 2.05) is 54.9 Å². The number of carbonyl (C=O) groups excluding carboxylic acids is 1. The van der Waals surface area contributed by atoms with Crippen LogP contribution < -0.4 is 26.6 Å². The monoisotopic (exact) mass is 789 g/mol. The van der Waals surface area contributed by atoms with Crippen LogP contribution in [0.3, 0.4) is 0 Å². The first-order valence-electron chi connectivity index (χ1n) is 17.8. The Hall–Kier alpha value is -4.50. The molecule has 6 heterocycles. The van der Waals surface area contributed by atoms with Gasteiger partial charge in [0.15, 0.2) is 0 Å². The molecule has 0 radical (unpaired) electrons. The number of anilines is 2. The van der Waals surface area contributed by atoms with Crippen molar-refractivity contribution in [2.24, 2.45) is 11.5 Å². The van der Waals surface area contributed by atoms with Crippen LogP contribution >= 0.6 is 34.8 Å². The van der Waals surface area contributed by atoms with Gasteiger partial charge < -0.3 is 41.3 Å². The topological polar surface area (TPSA) is 180 Å². The van der Waals surface area contributed by atoms with Gasteiger partial charge in [0.2, 0.25) is 5.91 Å². The zero-order valence-corrected chi connectivity index (χ0v) is 31.8. The smallest absolute Gasteiger partial charge is 0.240 e. The van der Waals surface area contributed by atoms with Crippen LogP contribution in [0.25, 0.3) is 22.1 Å². The molecule has 2 aliphatic rings. The number of aromatic amines is 2.